The first kappa shape index (κ1) is 15.3. The summed E-state index contributed by atoms with van der Waals surface area (Å²) < 4.78 is 0. The van der Waals surface area contributed by atoms with E-state index in [1.54, 1.807) is 18.2 Å². The van der Waals surface area contributed by atoms with Gasteiger partial charge in [-0.2, -0.15) is 0 Å². The monoisotopic (exact) mass is 283 g/mol. The van der Waals surface area contributed by atoms with Gasteiger partial charge in [-0.15, -0.1) is 0 Å². The van der Waals surface area contributed by atoms with E-state index in [2.05, 4.69) is 18.7 Å². The largest absolute Gasteiger partial charge is 0.380 e. The van der Waals surface area contributed by atoms with Crippen LogP contribution in [-0.4, -0.2) is 24.0 Å². The van der Waals surface area contributed by atoms with Crippen LogP contribution in [0.15, 0.2) is 54.6 Å². The number of Topliss-reactive ketones (excluding diaryl/α,β-unsaturated/α-hetero) is 1. The predicted molar refractivity (Wildman–Crippen MR) is 85.7 cm³/mol. The lowest BCUT2D eigenvalue weighted by Gasteiger charge is -2.24. The highest BCUT2D eigenvalue weighted by atomic mass is 16.3. The molecule has 3 nitrogen and oxygen atoms in total. The lowest BCUT2D eigenvalue weighted by molar-refractivity contribution is 0.0748. The van der Waals surface area contributed by atoms with Gasteiger partial charge >= 0.3 is 0 Å². The predicted octanol–water partition coefficient (Wildman–Crippen LogP) is 3.45. The molecule has 0 saturated heterocycles. The number of hydrogen-bond acceptors (Lipinski definition) is 3. The number of benzene rings is 2. The van der Waals surface area contributed by atoms with Gasteiger partial charge in [-0.1, -0.05) is 42.5 Å². The normalized spacial score (nSPS) is 12.0. The molecular weight excluding hydrogens is 262 g/mol. The molecule has 1 N–H and O–H groups in total. The van der Waals surface area contributed by atoms with E-state index >= 15 is 0 Å². The molecule has 2 rings (SSSR count). The van der Waals surface area contributed by atoms with Crippen LogP contribution in [-0.2, 0) is 0 Å². The third-order valence-corrected chi connectivity index (χ3v) is 3.64. The molecular formula is C18H21NO2. The molecule has 0 amide bonds. The molecule has 0 saturated carbocycles. The van der Waals surface area contributed by atoms with Gasteiger partial charge < -0.3 is 10.0 Å². The Hall–Kier alpha value is -2.13. The summed E-state index contributed by atoms with van der Waals surface area (Å²) in [4.78, 5) is 14.7. The molecule has 0 heterocycles. The minimum absolute atomic E-state index is 0.260. The van der Waals surface area contributed by atoms with E-state index in [4.69, 9.17) is 0 Å². The van der Waals surface area contributed by atoms with E-state index in [1.165, 1.54) is 0 Å². The highest BCUT2D eigenvalue weighted by Crippen LogP contribution is 2.26. The standard InChI is InChI=1S/C18H21NO2/c1-3-19(4-2)16-13-9-8-12-15(16)18(21)17(20)14-10-6-5-7-11-14/h5-13,17,20H,3-4H2,1-2H3. The smallest absolute Gasteiger partial charge is 0.197 e. The van der Waals surface area contributed by atoms with Crippen molar-refractivity contribution in [1.29, 1.82) is 0 Å². The van der Waals surface area contributed by atoms with Crippen molar-refractivity contribution >= 4 is 11.5 Å². The Kier molecular flexibility index (Phi) is 5.12. The van der Waals surface area contributed by atoms with Crippen LogP contribution in [0.3, 0.4) is 0 Å². The summed E-state index contributed by atoms with van der Waals surface area (Å²) in [5.41, 5.74) is 2.07. The van der Waals surface area contributed by atoms with Crippen LogP contribution < -0.4 is 4.90 Å². The number of ketones is 1. The first-order valence-electron chi connectivity index (χ1n) is 7.30. The average molecular weight is 283 g/mol. The molecule has 21 heavy (non-hydrogen) atoms. The first-order chi connectivity index (χ1) is 10.2. The summed E-state index contributed by atoms with van der Waals surface area (Å²) in [5.74, 6) is -0.260. The molecule has 0 aliphatic rings. The summed E-state index contributed by atoms with van der Waals surface area (Å²) in [6.45, 7) is 5.75. The van der Waals surface area contributed by atoms with Crippen molar-refractivity contribution < 1.29 is 9.90 Å². The third kappa shape index (κ3) is 3.31. The fourth-order valence-corrected chi connectivity index (χ4v) is 2.46. The molecule has 110 valence electrons. The molecule has 0 aliphatic carbocycles. The number of carbonyl (C=O) groups excluding carboxylic acids is 1. The van der Waals surface area contributed by atoms with Gasteiger partial charge in [0.15, 0.2) is 5.78 Å². The van der Waals surface area contributed by atoms with E-state index in [-0.39, 0.29) is 5.78 Å². The molecule has 0 bridgehead atoms. The zero-order valence-corrected chi connectivity index (χ0v) is 12.5. The third-order valence-electron chi connectivity index (χ3n) is 3.64. The molecule has 0 aromatic heterocycles. The van der Waals surface area contributed by atoms with Gasteiger partial charge in [0.05, 0.1) is 0 Å². The Balaban J connectivity index is 2.35. The first-order valence-corrected chi connectivity index (χ1v) is 7.30. The fraction of sp³-hybridized carbons (Fsp3) is 0.278. The second-order valence-corrected chi connectivity index (χ2v) is 4.87. The molecule has 0 fully saturated rings. The van der Waals surface area contributed by atoms with E-state index in [0.717, 1.165) is 18.8 Å². The lowest BCUT2D eigenvalue weighted by Crippen LogP contribution is -2.25. The van der Waals surface area contributed by atoms with Crippen molar-refractivity contribution in [2.45, 2.75) is 20.0 Å². The van der Waals surface area contributed by atoms with Crippen molar-refractivity contribution in [1.82, 2.24) is 0 Å². The van der Waals surface area contributed by atoms with Crippen LogP contribution in [0.4, 0.5) is 5.69 Å². The fourth-order valence-electron chi connectivity index (χ4n) is 2.46. The number of rotatable bonds is 6. The van der Waals surface area contributed by atoms with Gasteiger partial charge in [-0.3, -0.25) is 4.79 Å². The quantitative estimate of drug-likeness (QED) is 0.825. The highest BCUT2D eigenvalue weighted by Gasteiger charge is 2.22. The second-order valence-electron chi connectivity index (χ2n) is 4.87. The highest BCUT2D eigenvalue weighted by molar-refractivity contribution is 6.04. The van der Waals surface area contributed by atoms with Gasteiger partial charge in [-0.05, 0) is 31.5 Å². The summed E-state index contributed by atoms with van der Waals surface area (Å²) in [5, 5.41) is 10.3. The number of nitrogens with zero attached hydrogens (tertiary/aromatic N) is 1. The van der Waals surface area contributed by atoms with E-state index in [0.29, 0.717) is 11.1 Å². The summed E-state index contributed by atoms with van der Waals surface area (Å²) in [6, 6.07) is 16.5. The number of hydrogen-bond donors (Lipinski definition) is 1. The van der Waals surface area contributed by atoms with Crippen molar-refractivity contribution in [3.05, 3.63) is 65.7 Å². The molecule has 0 aliphatic heterocycles. The Bertz CT molecular complexity index is 591. The lowest BCUT2D eigenvalue weighted by atomic mass is 9.98. The van der Waals surface area contributed by atoms with Crippen LogP contribution in [0.2, 0.25) is 0 Å². The molecule has 2 aromatic rings. The number of para-hydroxylation sites is 1. The summed E-state index contributed by atoms with van der Waals surface area (Å²) >= 11 is 0. The maximum absolute atomic E-state index is 12.6. The van der Waals surface area contributed by atoms with Crippen LogP contribution >= 0.6 is 0 Å². The van der Waals surface area contributed by atoms with Crippen LogP contribution in [0.5, 0.6) is 0 Å². The van der Waals surface area contributed by atoms with Gasteiger partial charge in [0.1, 0.15) is 6.10 Å². The molecule has 1 unspecified atom stereocenters. The van der Waals surface area contributed by atoms with Crippen LogP contribution in [0.25, 0.3) is 0 Å². The van der Waals surface area contributed by atoms with E-state index < -0.39 is 6.10 Å². The Morgan fingerprint density at radius 2 is 1.57 bits per heavy atom. The number of anilines is 1. The molecule has 0 radical (unpaired) electrons. The van der Waals surface area contributed by atoms with Gasteiger partial charge in [0.25, 0.3) is 0 Å². The van der Waals surface area contributed by atoms with Crippen molar-refractivity contribution in [2.75, 3.05) is 18.0 Å². The maximum Gasteiger partial charge on any atom is 0.197 e. The van der Waals surface area contributed by atoms with E-state index in [9.17, 15) is 9.90 Å². The summed E-state index contributed by atoms with van der Waals surface area (Å²) in [7, 11) is 0. The maximum atomic E-state index is 12.6. The van der Waals surface area contributed by atoms with Crippen molar-refractivity contribution in [3.63, 3.8) is 0 Å². The van der Waals surface area contributed by atoms with Crippen LogP contribution in [0.1, 0.15) is 35.9 Å². The van der Waals surface area contributed by atoms with Crippen molar-refractivity contribution in [3.8, 4) is 0 Å². The summed E-state index contributed by atoms with van der Waals surface area (Å²) in [6.07, 6.45) is -1.12. The average Bonchev–Trinajstić information content (AvgIpc) is 2.56. The molecule has 2 aromatic carbocycles. The topological polar surface area (TPSA) is 40.5 Å². The Labute approximate surface area is 125 Å². The Morgan fingerprint density at radius 3 is 2.19 bits per heavy atom. The number of aliphatic hydroxyl groups is 1. The van der Waals surface area contributed by atoms with Gasteiger partial charge in [0, 0.05) is 24.3 Å². The van der Waals surface area contributed by atoms with Gasteiger partial charge in [-0.25, -0.2) is 0 Å². The molecule has 3 heteroatoms. The minimum atomic E-state index is -1.12. The zero-order valence-electron chi connectivity index (χ0n) is 12.5. The van der Waals surface area contributed by atoms with Gasteiger partial charge in [0.2, 0.25) is 0 Å². The molecule has 1 atom stereocenters. The number of aliphatic hydroxyl groups excluding tert-OH is 1. The van der Waals surface area contributed by atoms with Crippen molar-refractivity contribution in [2.24, 2.45) is 0 Å². The minimum Gasteiger partial charge on any atom is -0.380 e. The molecule has 0 spiro atoms. The Morgan fingerprint density at radius 1 is 1.00 bits per heavy atom. The second kappa shape index (κ2) is 7.04. The SMILES string of the molecule is CCN(CC)c1ccccc1C(=O)C(O)c1ccccc1. The van der Waals surface area contributed by atoms with E-state index in [1.807, 2.05) is 36.4 Å². The zero-order chi connectivity index (χ0) is 15.2. The van der Waals surface area contributed by atoms with Crippen LogP contribution in [0, 0.1) is 0 Å². The number of carbonyl (C=O) groups is 1.